The predicted octanol–water partition coefficient (Wildman–Crippen LogP) is 2.50. The second-order valence-electron chi connectivity index (χ2n) is 7.72. The Morgan fingerprint density at radius 2 is 1.76 bits per heavy atom. The summed E-state index contributed by atoms with van der Waals surface area (Å²) in [6, 6.07) is 15.8. The largest absolute Gasteiger partial charge is 0.461 e. The fourth-order valence-electron chi connectivity index (χ4n) is 3.18. The maximum atomic E-state index is 12.7. The second kappa shape index (κ2) is 11.8. The molecule has 1 fully saturated rings. The average molecular weight is 499 g/mol. The minimum Gasteiger partial charge on any atom is -0.461 e. The fourth-order valence-corrected chi connectivity index (χ4v) is 4.58. The number of nitrogens with one attached hydrogen (secondary N) is 1. The molecule has 0 radical (unpaired) electrons. The van der Waals surface area contributed by atoms with Gasteiger partial charge in [0.15, 0.2) is 5.17 Å². The van der Waals surface area contributed by atoms with E-state index in [1.165, 1.54) is 11.8 Å². The molecular formula is C24H26N4O4S2. The van der Waals surface area contributed by atoms with Crippen molar-refractivity contribution in [3.63, 3.8) is 0 Å². The van der Waals surface area contributed by atoms with E-state index in [2.05, 4.69) is 10.3 Å². The van der Waals surface area contributed by atoms with Crippen molar-refractivity contribution in [3.05, 3.63) is 71.3 Å². The molecule has 34 heavy (non-hydrogen) atoms. The highest BCUT2D eigenvalue weighted by atomic mass is 32.2. The zero-order valence-corrected chi connectivity index (χ0v) is 20.5. The Hall–Kier alpha value is -3.24. The average Bonchev–Trinajstić information content (AvgIpc) is 3.12. The normalized spacial score (nSPS) is 18.5. The van der Waals surface area contributed by atoms with Gasteiger partial charge < -0.3 is 20.7 Å². The van der Waals surface area contributed by atoms with Gasteiger partial charge in [0.2, 0.25) is 5.91 Å². The van der Waals surface area contributed by atoms with Crippen LogP contribution in [0.2, 0.25) is 0 Å². The van der Waals surface area contributed by atoms with Crippen molar-refractivity contribution in [2.24, 2.45) is 10.7 Å². The lowest BCUT2D eigenvalue weighted by atomic mass is 10.1. The first-order valence-electron chi connectivity index (χ1n) is 10.7. The number of esters is 1. The molecule has 0 bridgehead atoms. The zero-order chi connectivity index (χ0) is 24.7. The third kappa shape index (κ3) is 6.64. The van der Waals surface area contributed by atoms with E-state index in [4.69, 9.17) is 22.7 Å². The maximum absolute atomic E-state index is 12.7. The predicted molar refractivity (Wildman–Crippen MR) is 137 cm³/mol. The molecule has 0 aliphatic carbocycles. The number of hydrogen-bond acceptors (Lipinski definition) is 6. The van der Waals surface area contributed by atoms with Gasteiger partial charge in [0.05, 0.1) is 6.42 Å². The van der Waals surface area contributed by atoms with Gasteiger partial charge >= 0.3 is 5.97 Å². The van der Waals surface area contributed by atoms with E-state index in [-0.39, 0.29) is 42.5 Å². The van der Waals surface area contributed by atoms with Gasteiger partial charge in [0, 0.05) is 30.8 Å². The van der Waals surface area contributed by atoms with Crippen molar-refractivity contribution >= 4 is 51.9 Å². The van der Waals surface area contributed by atoms with Gasteiger partial charge in [-0.2, -0.15) is 4.99 Å². The molecule has 2 unspecified atom stereocenters. The van der Waals surface area contributed by atoms with E-state index in [0.717, 1.165) is 5.56 Å². The fraction of sp³-hybridized carbons (Fsp3) is 0.292. The molecule has 0 saturated carbocycles. The van der Waals surface area contributed by atoms with Gasteiger partial charge in [-0.1, -0.05) is 66.4 Å². The van der Waals surface area contributed by atoms with Gasteiger partial charge in [-0.3, -0.25) is 14.4 Å². The summed E-state index contributed by atoms with van der Waals surface area (Å²) in [5, 5.41) is 2.77. The zero-order valence-electron chi connectivity index (χ0n) is 18.9. The van der Waals surface area contributed by atoms with Gasteiger partial charge in [0.25, 0.3) is 5.91 Å². The number of aliphatic imine (C=N–C) groups is 1. The van der Waals surface area contributed by atoms with Crippen LogP contribution in [0.5, 0.6) is 0 Å². The molecule has 3 rings (SSSR count). The summed E-state index contributed by atoms with van der Waals surface area (Å²) in [6.45, 7) is 2.25. The van der Waals surface area contributed by atoms with Crippen LogP contribution in [0.25, 0.3) is 0 Å². The number of nitrogens with zero attached hydrogens (tertiary/aromatic N) is 2. The van der Waals surface area contributed by atoms with Gasteiger partial charge in [-0.15, -0.1) is 0 Å². The number of benzene rings is 2. The van der Waals surface area contributed by atoms with Crippen molar-refractivity contribution < 1.29 is 19.1 Å². The number of rotatable bonds is 8. The summed E-state index contributed by atoms with van der Waals surface area (Å²) in [6.07, 6.45) is 0.0713. The summed E-state index contributed by atoms with van der Waals surface area (Å²) < 4.78 is 5.22. The number of ether oxygens (including phenoxy) is 1. The van der Waals surface area contributed by atoms with Crippen LogP contribution in [0.1, 0.15) is 34.8 Å². The summed E-state index contributed by atoms with van der Waals surface area (Å²) >= 11 is 6.14. The first-order chi connectivity index (χ1) is 16.3. The topological polar surface area (TPSA) is 114 Å². The first kappa shape index (κ1) is 25.4. The van der Waals surface area contributed by atoms with Crippen LogP contribution in [-0.2, 0) is 20.9 Å². The summed E-state index contributed by atoms with van der Waals surface area (Å²) in [5.41, 5.74) is 7.55. The molecule has 178 valence electrons. The minimum atomic E-state index is -0.464. The molecule has 1 aliphatic heterocycles. The van der Waals surface area contributed by atoms with Gasteiger partial charge in [-0.25, -0.2) is 0 Å². The Kier molecular flexibility index (Phi) is 8.78. The lowest BCUT2D eigenvalue weighted by Gasteiger charge is -2.19. The molecule has 8 nitrogen and oxygen atoms in total. The van der Waals surface area contributed by atoms with Crippen molar-refractivity contribution in [1.82, 2.24) is 10.2 Å². The molecule has 3 N–H and O–H groups in total. The lowest BCUT2D eigenvalue weighted by molar-refractivity contribution is -0.144. The number of carbonyl (C=O) groups excluding carboxylic acids is 3. The highest BCUT2D eigenvalue weighted by Gasteiger charge is 2.39. The third-order valence-corrected chi connectivity index (χ3v) is 7.01. The second-order valence-corrected chi connectivity index (χ2v) is 9.27. The maximum Gasteiger partial charge on any atom is 0.307 e. The molecule has 10 heteroatoms. The smallest absolute Gasteiger partial charge is 0.307 e. The third-order valence-electron chi connectivity index (χ3n) is 5.33. The molecule has 2 amide bonds. The Balaban J connectivity index is 1.50. The molecule has 2 aromatic carbocycles. The van der Waals surface area contributed by atoms with Crippen LogP contribution >= 0.6 is 24.0 Å². The Morgan fingerprint density at radius 1 is 1.12 bits per heavy atom. The van der Waals surface area contributed by atoms with Crippen molar-refractivity contribution in [2.45, 2.75) is 31.2 Å². The minimum absolute atomic E-state index is 0.0713. The van der Waals surface area contributed by atoms with E-state index in [9.17, 15) is 14.4 Å². The van der Waals surface area contributed by atoms with E-state index < -0.39 is 11.2 Å². The number of hydrogen-bond donors (Lipinski definition) is 2. The van der Waals surface area contributed by atoms with Crippen LogP contribution in [0.3, 0.4) is 0 Å². The standard InChI is InChI=1S/C24H26N4O4S2/c1-15-20(23(31)26-13-12-19(29)32-14-16-6-4-3-5-7-16)34-24(28(15)2)27-22(30)18-10-8-17(9-11-18)21(25)33/h3-11,15,20H,12-14H2,1-2H3,(H2,25,33)(H,26,31). The summed E-state index contributed by atoms with van der Waals surface area (Å²) in [7, 11) is 1.79. The molecule has 2 atom stereocenters. The van der Waals surface area contributed by atoms with E-state index in [1.54, 1.807) is 36.2 Å². The summed E-state index contributed by atoms with van der Waals surface area (Å²) in [4.78, 5) is 43.5. The van der Waals surface area contributed by atoms with E-state index in [1.807, 2.05) is 37.3 Å². The molecule has 1 saturated heterocycles. The highest BCUT2D eigenvalue weighted by Crippen LogP contribution is 2.31. The van der Waals surface area contributed by atoms with Crippen LogP contribution in [-0.4, -0.2) is 57.7 Å². The van der Waals surface area contributed by atoms with Crippen LogP contribution in [0, 0.1) is 0 Å². The Labute approximate surface area is 207 Å². The van der Waals surface area contributed by atoms with E-state index in [0.29, 0.717) is 16.3 Å². The molecule has 2 aromatic rings. The van der Waals surface area contributed by atoms with E-state index >= 15 is 0 Å². The van der Waals surface area contributed by atoms with Gasteiger partial charge in [-0.05, 0) is 24.6 Å². The number of thioether (sulfide) groups is 1. The molecular weight excluding hydrogens is 472 g/mol. The Bertz CT molecular complexity index is 1090. The first-order valence-corrected chi connectivity index (χ1v) is 11.9. The monoisotopic (exact) mass is 498 g/mol. The van der Waals surface area contributed by atoms with Crippen LogP contribution in [0.15, 0.2) is 59.6 Å². The number of amides is 2. The number of thiocarbonyl (C=S) groups is 1. The number of nitrogens with two attached hydrogens (primary N) is 1. The number of amidine groups is 1. The van der Waals surface area contributed by atoms with Gasteiger partial charge in [0.1, 0.15) is 16.8 Å². The Morgan fingerprint density at radius 3 is 2.41 bits per heavy atom. The molecule has 1 heterocycles. The van der Waals surface area contributed by atoms with Crippen molar-refractivity contribution in [3.8, 4) is 0 Å². The lowest BCUT2D eigenvalue weighted by Crippen LogP contribution is -2.41. The summed E-state index contributed by atoms with van der Waals surface area (Å²) in [5.74, 6) is -1.03. The molecule has 0 aromatic heterocycles. The highest BCUT2D eigenvalue weighted by molar-refractivity contribution is 8.15. The van der Waals surface area contributed by atoms with Crippen molar-refractivity contribution in [2.75, 3.05) is 13.6 Å². The molecule has 1 aliphatic rings. The van der Waals surface area contributed by atoms with Crippen LogP contribution < -0.4 is 11.1 Å². The molecule has 0 spiro atoms. The SMILES string of the molecule is CC1C(C(=O)NCCC(=O)OCc2ccccc2)SC(=NC(=O)c2ccc(C(N)=S)cc2)N1C. The number of carbonyl (C=O) groups is 3. The van der Waals surface area contributed by atoms with Crippen molar-refractivity contribution in [1.29, 1.82) is 0 Å². The quantitative estimate of drug-likeness (QED) is 0.422. The van der Waals surface area contributed by atoms with Crippen LogP contribution in [0.4, 0.5) is 0 Å².